The van der Waals surface area contributed by atoms with Gasteiger partial charge in [-0.05, 0) is 29.6 Å². The molecule has 0 N–H and O–H groups in total. The Labute approximate surface area is 172 Å². The van der Waals surface area contributed by atoms with Crippen molar-refractivity contribution in [1.29, 1.82) is 0 Å². The first-order valence-electron chi connectivity index (χ1n) is 10.5. The summed E-state index contributed by atoms with van der Waals surface area (Å²) in [7, 11) is -0.382. The number of carbonyl (C=O) groups is 1. The summed E-state index contributed by atoms with van der Waals surface area (Å²) in [5.74, 6) is -0.00736. The van der Waals surface area contributed by atoms with Crippen molar-refractivity contribution in [3.63, 3.8) is 0 Å². The molecule has 0 aromatic heterocycles. The van der Waals surface area contributed by atoms with Gasteiger partial charge in [-0.3, -0.25) is 0 Å². The molecule has 5 heteroatoms. The second kappa shape index (κ2) is 12.9. The molecule has 0 radical (unpaired) electrons. The van der Waals surface area contributed by atoms with Gasteiger partial charge in [-0.15, -0.1) is 0 Å². The monoisotopic (exact) mass is 406 g/mol. The highest BCUT2D eigenvalue weighted by Gasteiger charge is 2.35. The van der Waals surface area contributed by atoms with Crippen LogP contribution in [0.2, 0.25) is 18.1 Å². The van der Waals surface area contributed by atoms with Crippen LogP contribution in [0.15, 0.2) is 42.5 Å². The highest BCUT2D eigenvalue weighted by molar-refractivity contribution is 6.73. The highest BCUT2D eigenvalue weighted by atomic mass is 28.4. The summed E-state index contributed by atoms with van der Waals surface area (Å²) in [4.78, 5) is 11.5. The Kier molecular flexibility index (Phi) is 11.3. The molecule has 0 aliphatic carbocycles. The third-order valence-electron chi connectivity index (χ3n) is 5.63. The molecule has 0 amide bonds. The number of benzene rings is 1. The van der Waals surface area contributed by atoms with Crippen LogP contribution in [0.25, 0.3) is 0 Å². The molecule has 0 fully saturated rings. The van der Waals surface area contributed by atoms with Crippen LogP contribution in [0.4, 0.5) is 0 Å². The van der Waals surface area contributed by atoms with Crippen molar-refractivity contribution in [3.8, 4) is 0 Å². The van der Waals surface area contributed by atoms with Gasteiger partial charge in [-0.2, -0.15) is 0 Å². The van der Waals surface area contributed by atoms with Crippen LogP contribution >= 0.6 is 0 Å². The Hall–Kier alpha value is -1.43. The number of rotatable bonds is 13. The number of esters is 1. The van der Waals surface area contributed by atoms with Crippen LogP contribution in [-0.2, 0) is 25.3 Å². The summed E-state index contributed by atoms with van der Waals surface area (Å²) >= 11 is 0. The fourth-order valence-corrected chi connectivity index (χ4v) is 6.49. The van der Waals surface area contributed by atoms with E-state index >= 15 is 0 Å². The molecule has 0 aliphatic rings. The smallest absolute Gasteiger partial charge is 0.330 e. The van der Waals surface area contributed by atoms with Crippen molar-refractivity contribution in [3.05, 3.63) is 48.0 Å². The molecule has 28 heavy (non-hydrogen) atoms. The summed E-state index contributed by atoms with van der Waals surface area (Å²) in [5, 5.41) is 0. The van der Waals surface area contributed by atoms with E-state index in [2.05, 4.69) is 46.8 Å². The lowest BCUT2D eigenvalue weighted by molar-refractivity contribution is -0.134. The molecule has 0 spiro atoms. The molecule has 0 bridgehead atoms. The molecular weight excluding hydrogens is 368 g/mol. The fourth-order valence-electron chi connectivity index (χ4n) is 3.47. The second-order valence-electron chi connectivity index (χ2n) is 7.55. The van der Waals surface area contributed by atoms with Crippen LogP contribution < -0.4 is 0 Å². The Balaban J connectivity index is 2.84. The van der Waals surface area contributed by atoms with Gasteiger partial charge in [0.1, 0.15) is 0 Å². The number of ether oxygens (including phenoxy) is 2. The predicted octanol–water partition coefficient (Wildman–Crippen LogP) is 5.60. The second-order valence-corrected chi connectivity index (χ2v) is 12.3. The molecule has 1 aromatic rings. The van der Waals surface area contributed by atoms with Gasteiger partial charge < -0.3 is 13.9 Å². The van der Waals surface area contributed by atoms with Crippen LogP contribution in [0, 0.1) is 11.8 Å². The van der Waals surface area contributed by atoms with E-state index in [0.29, 0.717) is 13.2 Å². The van der Waals surface area contributed by atoms with Gasteiger partial charge in [0.15, 0.2) is 8.32 Å². The lowest BCUT2D eigenvalue weighted by atomic mass is 9.93. The summed E-state index contributed by atoms with van der Waals surface area (Å²) in [6.45, 7) is 12.2. The van der Waals surface area contributed by atoms with Gasteiger partial charge >= 0.3 is 5.97 Å². The molecule has 4 nitrogen and oxygen atoms in total. The maximum atomic E-state index is 11.5. The van der Waals surface area contributed by atoms with Crippen LogP contribution in [0.1, 0.15) is 40.2 Å². The van der Waals surface area contributed by atoms with Crippen molar-refractivity contribution < 1.29 is 18.7 Å². The quantitative estimate of drug-likeness (QED) is 0.243. The third-order valence-corrected chi connectivity index (χ3v) is 10.3. The van der Waals surface area contributed by atoms with E-state index < -0.39 is 8.32 Å². The minimum Gasteiger partial charge on any atom is -0.466 e. The minimum absolute atomic E-state index is 0.0168. The minimum atomic E-state index is -1.78. The zero-order valence-electron chi connectivity index (χ0n) is 18.4. The van der Waals surface area contributed by atoms with Crippen molar-refractivity contribution in [1.82, 2.24) is 0 Å². The summed E-state index contributed by atoms with van der Waals surface area (Å²) in [6, 6.07) is 13.5. The van der Waals surface area contributed by atoms with E-state index in [4.69, 9.17) is 13.9 Å². The lowest BCUT2D eigenvalue weighted by Crippen LogP contribution is -2.45. The van der Waals surface area contributed by atoms with Gasteiger partial charge in [0, 0.05) is 12.0 Å². The standard InChI is InChI=1S/C23H38O4Si/c1-7-28(8-2,9-3)27-23(19(4)15-16-22(24)25-6)20(5)17-26-18-21-13-11-10-12-14-21/h10-16,19-20,23H,7-9,17-18H2,1-6H3/b16-15+/t19-,20+,23-/m0/s1. The molecule has 0 unspecified atom stereocenters. The van der Waals surface area contributed by atoms with E-state index in [1.165, 1.54) is 18.7 Å². The third kappa shape index (κ3) is 7.90. The van der Waals surface area contributed by atoms with Crippen LogP contribution in [-0.4, -0.2) is 34.1 Å². The van der Waals surface area contributed by atoms with E-state index in [9.17, 15) is 4.79 Å². The van der Waals surface area contributed by atoms with Crippen LogP contribution in [0.3, 0.4) is 0 Å². The molecule has 3 atom stereocenters. The molecular formula is C23H38O4Si. The molecule has 0 aliphatic heterocycles. The molecule has 1 aromatic carbocycles. The lowest BCUT2D eigenvalue weighted by Gasteiger charge is -2.38. The largest absolute Gasteiger partial charge is 0.466 e. The Morgan fingerprint density at radius 1 is 1.07 bits per heavy atom. The Morgan fingerprint density at radius 3 is 2.21 bits per heavy atom. The van der Waals surface area contributed by atoms with Crippen molar-refractivity contribution in [2.75, 3.05) is 13.7 Å². The summed E-state index contributed by atoms with van der Waals surface area (Å²) in [5.41, 5.74) is 1.17. The molecule has 0 saturated heterocycles. The zero-order chi connectivity index (χ0) is 21.0. The van der Waals surface area contributed by atoms with Gasteiger partial charge in [-0.25, -0.2) is 4.79 Å². The van der Waals surface area contributed by atoms with Gasteiger partial charge in [0.05, 0.1) is 26.4 Å². The van der Waals surface area contributed by atoms with Crippen LogP contribution in [0.5, 0.6) is 0 Å². The maximum Gasteiger partial charge on any atom is 0.330 e. The highest BCUT2D eigenvalue weighted by Crippen LogP contribution is 2.30. The molecule has 0 heterocycles. The average Bonchev–Trinajstić information content (AvgIpc) is 2.73. The first-order chi connectivity index (χ1) is 13.4. The van der Waals surface area contributed by atoms with Gasteiger partial charge in [0.2, 0.25) is 0 Å². The number of methoxy groups -OCH3 is 1. The number of hydrogen-bond acceptors (Lipinski definition) is 4. The van der Waals surface area contributed by atoms with Gasteiger partial charge in [0.25, 0.3) is 0 Å². The first kappa shape index (κ1) is 24.6. The zero-order valence-corrected chi connectivity index (χ0v) is 19.4. The predicted molar refractivity (Wildman–Crippen MR) is 118 cm³/mol. The number of carbonyl (C=O) groups excluding carboxylic acids is 1. The SMILES string of the molecule is CC[Si](CC)(CC)O[C@H]([C@H](C)COCc1ccccc1)[C@@H](C)/C=C/C(=O)OC. The number of hydrogen-bond donors (Lipinski definition) is 0. The van der Waals surface area contributed by atoms with E-state index in [1.54, 1.807) is 0 Å². The molecule has 0 saturated carbocycles. The summed E-state index contributed by atoms with van der Waals surface area (Å²) in [6.07, 6.45) is 3.43. The van der Waals surface area contributed by atoms with Crippen molar-refractivity contribution >= 4 is 14.3 Å². The normalized spacial score (nSPS) is 15.4. The Bertz CT molecular complexity index is 575. The summed E-state index contributed by atoms with van der Waals surface area (Å²) < 4.78 is 17.6. The molecule has 1 rings (SSSR count). The van der Waals surface area contributed by atoms with E-state index in [-0.39, 0.29) is 23.9 Å². The van der Waals surface area contributed by atoms with E-state index in [1.807, 2.05) is 24.3 Å². The fraction of sp³-hybridized carbons (Fsp3) is 0.609. The van der Waals surface area contributed by atoms with Crippen molar-refractivity contribution in [2.45, 2.75) is 65.5 Å². The van der Waals surface area contributed by atoms with E-state index in [0.717, 1.165) is 18.1 Å². The van der Waals surface area contributed by atoms with Crippen molar-refractivity contribution in [2.24, 2.45) is 11.8 Å². The van der Waals surface area contributed by atoms with Gasteiger partial charge in [-0.1, -0.05) is 71.0 Å². The first-order valence-corrected chi connectivity index (χ1v) is 13.0. The topological polar surface area (TPSA) is 44.8 Å². The Morgan fingerprint density at radius 2 is 1.68 bits per heavy atom. The average molecular weight is 407 g/mol. The maximum absolute atomic E-state index is 11.5. The molecule has 158 valence electrons.